The van der Waals surface area contributed by atoms with Crippen LogP contribution in [0.3, 0.4) is 0 Å². The van der Waals surface area contributed by atoms with Crippen molar-refractivity contribution in [3.8, 4) is 0 Å². The average molecular weight is 177 g/mol. The summed E-state index contributed by atoms with van der Waals surface area (Å²) in [5.74, 6) is 0.385. The maximum absolute atomic E-state index is 10.4. The average Bonchev–Trinajstić information content (AvgIpc) is 2.08. The minimum absolute atomic E-state index is 0.244. The van der Waals surface area contributed by atoms with Crippen molar-refractivity contribution in [1.82, 2.24) is 9.97 Å². The summed E-state index contributed by atoms with van der Waals surface area (Å²) < 4.78 is 0. The van der Waals surface area contributed by atoms with E-state index in [0.717, 1.165) is 11.4 Å². The number of carbonyl (C=O) groups is 1. The lowest BCUT2D eigenvalue weighted by atomic mass is 10.3. The molecule has 2 N–H and O–H groups in total. The standard InChI is InChI=1S/C9H11N3O/c1-7-11-5-8(6-12-7)3-2-4-9(10)13/h2-3,5-6H,4H2,1H3,(H2,10,13). The fourth-order valence-electron chi connectivity index (χ4n) is 0.800. The van der Waals surface area contributed by atoms with Crippen LogP contribution in [-0.2, 0) is 4.79 Å². The van der Waals surface area contributed by atoms with Gasteiger partial charge in [0.2, 0.25) is 5.91 Å². The summed E-state index contributed by atoms with van der Waals surface area (Å²) in [5, 5.41) is 0. The van der Waals surface area contributed by atoms with Crippen molar-refractivity contribution >= 4 is 12.0 Å². The molecular weight excluding hydrogens is 166 g/mol. The second-order valence-corrected chi connectivity index (χ2v) is 2.64. The van der Waals surface area contributed by atoms with Gasteiger partial charge in [-0.15, -0.1) is 0 Å². The molecule has 0 saturated heterocycles. The number of rotatable bonds is 3. The van der Waals surface area contributed by atoms with Crippen molar-refractivity contribution in [2.45, 2.75) is 13.3 Å². The molecule has 4 heteroatoms. The first-order chi connectivity index (χ1) is 6.18. The monoisotopic (exact) mass is 177 g/mol. The molecule has 13 heavy (non-hydrogen) atoms. The predicted octanol–water partition coefficient (Wildman–Crippen LogP) is 0.674. The number of carbonyl (C=O) groups excluding carboxylic acids is 1. The molecule has 68 valence electrons. The van der Waals surface area contributed by atoms with E-state index in [1.807, 2.05) is 6.92 Å². The molecule has 0 aromatic carbocycles. The van der Waals surface area contributed by atoms with E-state index in [2.05, 4.69) is 9.97 Å². The van der Waals surface area contributed by atoms with Gasteiger partial charge in [0.05, 0.1) is 0 Å². The molecule has 1 amide bonds. The van der Waals surface area contributed by atoms with Crippen LogP contribution in [-0.4, -0.2) is 15.9 Å². The molecular formula is C9H11N3O. The van der Waals surface area contributed by atoms with E-state index in [1.54, 1.807) is 24.5 Å². The topological polar surface area (TPSA) is 68.9 Å². The van der Waals surface area contributed by atoms with Crippen molar-refractivity contribution in [3.05, 3.63) is 29.9 Å². The van der Waals surface area contributed by atoms with Gasteiger partial charge in [-0.25, -0.2) is 9.97 Å². The number of aromatic nitrogens is 2. The lowest BCUT2D eigenvalue weighted by molar-refractivity contribution is -0.117. The van der Waals surface area contributed by atoms with E-state index in [-0.39, 0.29) is 12.3 Å². The molecule has 0 atom stereocenters. The van der Waals surface area contributed by atoms with Crippen molar-refractivity contribution < 1.29 is 4.79 Å². The third kappa shape index (κ3) is 3.46. The van der Waals surface area contributed by atoms with Crippen LogP contribution in [0.25, 0.3) is 6.08 Å². The molecule has 0 spiro atoms. The number of aryl methyl sites for hydroxylation is 1. The molecule has 0 fully saturated rings. The molecule has 0 bridgehead atoms. The van der Waals surface area contributed by atoms with E-state index < -0.39 is 0 Å². The van der Waals surface area contributed by atoms with E-state index >= 15 is 0 Å². The summed E-state index contributed by atoms with van der Waals surface area (Å²) >= 11 is 0. The fourth-order valence-corrected chi connectivity index (χ4v) is 0.800. The zero-order chi connectivity index (χ0) is 9.68. The van der Waals surface area contributed by atoms with Crippen LogP contribution in [0.1, 0.15) is 17.8 Å². The van der Waals surface area contributed by atoms with Gasteiger partial charge in [-0.3, -0.25) is 4.79 Å². The molecule has 4 nitrogen and oxygen atoms in total. The number of amides is 1. The van der Waals surface area contributed by atoms with Crippen LogP contribution in [0, 0.1) is 6.92 Å². The van der Waals surface area contributed by atoms with E-state index in [1.165, 1.54) is 0 Å². The molecule has 1 aromatic rings. The maximum atomic E-state index is 10.4. The molecule has 0 aliphatic carbocycles. The quantitative estimate of drug-likeness (QED) is 0.737. The van der Waals surface area contributed by atoms with Crippen molar-refractivity contribution in [2.75, 3.05) is 0 Å². The molecule has 0 unspecified atom stereocenters. The molecule has 1 rings (SSSR count). The van der Waals surface area contributed by atoms with Gasteiger partial charge in [0.25, 0.3) is 0 Å². The van der Waals surface area contributed by atoms with Gasteiger partial charge in [0.15, 0.2) is 0 Å². The summed E-state index contributed by atoms with van der Waals surface area (Å²) in [7, 11) is 0. The Morgan fingerprint density at radius 2 is 2.15 bits per heavy atom. The Kier molecular flexibility index (Phi) is 3.14. The van der Waals surface area contributed by atoms with Crippen molar-refractivity contribution in [1.29, 1.82) is 0 Å². The second kappa shape index (κ2) is 4.35. The summed E-state index contributed by atoms with van der Waals surface area (Å²) in [4.78, 5) is 18.4. The van der Waals surface area contributed by atoms with Crippen LogP contribution in [0.2, 0.25) is 0 Å². The summed E-state index contributed by atoms with van der Waals surface area (Å²) in [6.07, 6.45) is 7.09. The SMILES string of the molecule is Cc1ncc(C=CCC(N)=O)cn1. The molecule has 1 heterocycles. The van der Waals surface area contributed by atoms with Crippen LogP contribution < -0.4 is 5.73 Å². The minimum Gasteiger partial charge on any atom is -0.369 e. The lowest BCUT2D eigenvalue weighted by Gasteiger charge is -1.92. The number of nitrogens with two attached hydrogens (primary N) is 1. The number of primary amides is 1. The Morgan fingerprint density at radius 3 is 2.69 bits per heavy atom. The third-order valence-corrected chi connectivity index (χ3v) is 1.43. The largest absolute Gasteiger partial charge is 0.369 e. The molecule has 1 aromatic heterocycles. The normalized spacial score (nSPS) is 10.5. The summed E-state index contributed by atoms with van der Waals surface area (Å²) in [6.45, 7) is 1.82. The van der Waals surface area contributed by atoms with Gasteiger partial charge in [-0.1, -0.05) is 12.2 Å². The maximum Gasteiger partial charge on any atom is 0.221 e. The summed E-state index contributed by atoms with van der Waals surface area (Å²) in [6, 6.07) is 0. The van der Waals surface area contributed by atoms with Gasteiger partial charge < -0.3 is 5.73 Å². The van der Waals surface area contributed by atoms with E-state index in [4.69, 9.17) is 5.73 Å². The Hall–Kier alpha value is -1.71. The Bertz CT molecular complexity index is 316. The van der Waals surface area contributed by atoms with E-state index in [9.17, 15) is 4.79 Å². The predicted molar refractivity (Wildman–Crippen MR) is 49.6 cm³/mol. The van der Waals surface area contributed by atoms with Gasteiger partial charge in [0.1, 0.15) is 5.82 Å². The highest BCUT2D eigenvalue weighted by atomic mass is 16.1. The molecule has 0 aliphatic heterocycles. The second-order valence-electron chi connectivity index (χ2n) is 2.64. The highest BCUT2D eigenvalue weighted by Gasteiger charge is 1.90. The zero-order valence-corrected chi connectivity index (χ0v) is 7.40. The highest BCUT2D eigenvalue weighted by molar-refractivity contribution is 5.76. The Balaban J connectivity index is 2.59. The first-order valence-corrected chi connectivity index (χ1v) is 3.92. The summed E-state index contributed by atoms with van der Waals surface area (Å²) in [5.41, 5.74) is 5.83. The minimum atomic E-state index is -0.343. The van der Waals surface area contributed by atoms with E-state index in [0.29, 0.717) is 0 Å². The zero-order valence-electron chi connectivity index (χ0n) is 7.40. The fraction of sp³-hybridized carbons (Fsp3) is 0.222. The van der Waals surface area contributed by atoms with Crippen molar-refractivity contribution in [3.63, 3.8) is 0 Å². The number of nitrogens with zero attached hydrogens (tertiary/aromatic N) is 2. The highest BCUT2D eigenvalue weighted by Crippen LogP contribution is 1.98. The lowest BCUT2D eigenvalue weighted by Crippen LogP contribution is -2.07. The number of hydrogen-bond donors (Lipinski definition) is 1. The van der Waals surface area contributed by atoms with Crippen LogP contribution in [0.4, 0.5) is 0 Å². The first-order valence-electron chi connectivity index (χ1n) is 3.92. The smallest absolute Gasteiger partial charge is 0.221 e. The number of hydrogen-bond acceptors (Lipinski definition) is 3. The van der Waals surface area contributed by atoms with Gasteiger partial charge >= 0.3 is 0 Å². The molecule has 0 radical (unpaired) electrons. The Labute approximate surface area is 76.5 Å². The van der Waals surface area contributed by atoms with Crippen LogP contribution in [0.15, 0.2) is 18.5 Å². The molecule has 0 aliphatic rings. The van der Waals surface area contributed by atoms with Gasteiger partial charge in [-0.05, 0) is 6.92 Å². The third-order valence-electron chi connectivity index (χ3n) is 1.43. The first kappa shape index (κ1) is 9.38. The van der Waals surface area contributed by atoms with Crippen LogP contribution >= 0.6 is 0 Å². The Morgan fingerprint density at radius 1 is 1.54 bits per heavy atom. The molecule has 0 saturated carbocycles. The van der Waals surface area contributed by atoms with Gasteiger partial charge in [0, 0.05) is 24.4 Å². The van der Waals surface area contributed by atoms with Crippen LogP contribution in [0.5, 0.6) is 0 Å². The van der Waals surface area contributed by atoms with Crippen molar-refractivity contribution in [2.24, 2.45) is 5.73 Å². The van der Waals surface area contributed by atoms with Gasteiger partial charge in [-0.2, -0.15) is 0 Å².